The zero-order chi connectivity index (χ0) is 8.97. The maximum absolute atomic E-state index is 11.5. The lowest BCUT2D eigenvalue weighted by Gasteiger charge is -2.00. The summed E-state index contributed by atoms with van der Waals surface area (Å²) < 4.78 is 11.5. The maximum Gasteiger partial charge on any atom is 0.0538 e. The molecule has 1 aromatic rings. The molecule has 0 N–H and O–H groups in total. The molecule has 66 valence electrons. The van der Waals surface area contributed by atoms with Gasteiger partial charge in [-0.1, -0.05) is 28.1 Å². The van der Waals surface area contributed by atoms with Crippen LogP contribution in [-0.2, 0) is 10.8 Å². The van der Waals surface area contributed by atoms with Crippen molar-refractivity contribution in [1.29, 1.82) is 0 Å². The summed E-state index contributed by atoms with van der Waals surface area (Å²) in [4.78, 5) is 0.925. The average molecular weight is 247 g/mol. The lowest BCUT2D eigenvalue weighted by molar-refractivity contribution is 0.684. The average Bonchev–Trinajstić information content (AvgIpc) is 2.05. The molecule has 12 heavy (non-hydrogen) atoms. The van der Waals surface area contributed by atoms with Crippen molar-refractivity contribution in [3.8, 4) is 0 Å². The number of hydrogen-bond acceptors (Lipinski definition) is 1. The first-order valence-corrected chi connectivity index (χ1v) is 6.19. The van der Waals surface area contributed by atoms with Crippen LogP contribution in [-0.4, -0.2) is 15.3 Å². The van der Waals surface area contributed by atoms with E-state index in [1.165, 1.54) is 0 Å². The quantitative estimate of drug-likeness (QED) is 0.750. The van der Waals surface area contributed by atoms with E-state index in [0.29, 0.717) is 5.75 Å². The van der Waals surface area contributed by atoms with E-state index in [0.717, 1.165) is 15.8 Å². The number of hydrogen-bond donors (Lipinski definition) is 0. The Morgan fingerprint density at radius 2 is 2.25 bits per heavy atom. The van der Waals surface area contributed by atoms with E-state index in [-0.39, 0.29) is 0 Å². The van der Waals surface area contributed by atoms with Gasteiger partial charge in [-0.3, -0.25) is 4.21 Å². The Balaban J connectivity index is 2.81. The van der Waals surface area contributed by atoms with Gasteiger partial charge in [0, 0.05) is 16.0 Å². The lowest BCUT2D eigenvalue weighted by atomic mass is 10.2. The molecule has 0 fully saturated rings. The molecule has 0 radical (unpaired) electrons. The number of aryl methyl sites for hydroxylation is 1. The number of halogens is 1. The van der Waals surface area contributed by atoms with E-state index in [9.17, 15) is 4.21 Å². The Hall–Kier alpha value is -0.150. The van der Waals surface area contributed by atoms with Gasteiger partial charge in [0.05, 0.1) is 10.8 Å². The molecule has 0 aromatic heterocycles. The molecule has 0 saturated carbocycles. The van der Waals surface area contributed by atoms with Crippen molar-refractivity contribution < 1.29 is 4.21 Å². The van der Waals surface area contributed by atoms with Gasteiger partial charge in [-0.05, 0) is 24.6 Å². The molecule has 0 saturated heterocycles. The highest BCUT2D eigenvalue weighted by Gasteiger charge is 2.01. The van der Waals surface area contributed by atoms with Crippen molar-refractivity contribution in [1.82, 2.24) is 0 Å². The summed E-state index contributed by atoms with van der Waals surface area (Å²) >= 11 is 3.27. The highest BCUT2D eigenvalue weighted by atomic mass is 79.9. The fourth-order valence-corrected chi connectivity index (χ4v) is 2.75. The van der Waals surface area contributed by atoms with Crippen molar-refractivity contribution in [3.05, 3.63) is 29.8 Å². The van der Waals surface area contributed by atoms with Gasteiger partial charge in [-0.15, -0.1) is 0 Å². The molecule has 0 spiro atoms. The molecule has 0 amide bonds. The summed E-state index contributed by atoms with van der Waals surface area (Å²) in [6.45, 7) is 2.01. The van der Waals surface area contributed by atoms with Crippen LogP contribution in [0.4, 0.5) is 0 Å². The number of benzene rings is 1. The minimum absolute atomic E-state index is 0.684. The van der Waals surface area contributed by atoms with E-state index < -0.39 is 10.8 Å². The van der Waals surface area contributed by atoms with Crippen molar-refractivity contribution in [2.75, 3.05) is 11.1 Å². The van der Waals surface area contributed by atoms with Gasteiger partial charge in [0.1, 0.15) is 0 Å². The second-order valence-corrected chi connectivity index (χ2v) is 4.92. The summed E-state index contributed by atoms with van der Waals surface area (Å²) in [5, 5.41) is 0.785. The summed E-state index contributed by atoms with van der Waals surface area (Å²) in [6.07, 6.45) is 0. The van der Waals surface area contributed by atoms with Crippen molar-refractivity contribution in [2.45, 2.75) is 11.8 Å². The maximum atomic E-state index is 11.5. The van der Waals surface area contributed by atoms with Crippen LogP contribution in [0.5, 0.6) is 0 Å². The van der Waals surface area contributed by atoms with Crippen LogP contribution >= 0.6 is 15.9 Å². The Morgan fingerprint density at radius 3 is 2.83 bits per heavy atom. The van der Waals surface area contributed by atoms with Crippen LogP contribution in [0.3, 0.4) is 0 Å². The molecule has 1 atom stereocenters. The van der Waals surface area contributed by atoms with Crippen LogP contribution in [0.1, 0.15) is 5.56 Å². The largest absolute Gasteiger partial charge is 0.254 e. The fourth-order valence-electron chi connectivity index (χ4n) is 0.945. The van der Waals surface area contributed by atoms with Gasteiger partial charge in [0.2, 0.25) is 0 Å². The normalized spacial score (nSPS) is 12.8. The minimum Gasteiger partial charge on any atom is -0.254 e. The summed E-state index contributed by atoms with van der Waals surface area (Å²) in [5.74, 6) is 0.684. The van der Waals surface area contributed by atoms with Crippen molar-refractivity contribution >= 4 is 26.7 Å². The van der Waals surface area contributed by atoms with Gasteiger partial charge in [-0.25, -0.2) is 0 Å². The topological polar surface area (TPSA) is 17.1 Å². The van der Waals surface area contributed by atoms with Crippen LogP contribution < -0.4 is 0 Å². The third-order valence-electron chi connectivity index (χ3n) is 1.51. The highest BCUT2D eigenvalue weighted by molar-refractivity contribution is 9.09. The van der Waals surface area contributed by atoms with Crippen LogP contribution in [0.15, 0.2) is 29.2 Å². The van der Waals surface area contributed by atoms with E-state index in [2.05, 4.69) is 15.9 Å². The molecule has 0 bridgehead atoms. The molecule has 1 nitrogen and oxygen atoms in total. The lowest BCUT2D eigenvalue weighted by Crippen LogP contribution is -1.98. The molecule has 0 heterocycles. The molecule has 1 rings (SSSR count). The van der Waals surface area contributed by atoms with E-state index in [1.807, 2.05) is 31.2 Å². The number of rotatable bonds is 3. The van der Waals surface area contributed by atoms with E-state index >= 15 is 0 Å². The third kappa shape index (κ3) is 2.72. The van der Waals surface area contributed by atoms with Crippen molar-refractivity contribution in [2.24, 2.45) is 0 Å². The minimum atomic E-state index is -0.841. The number of alkyl halides is 1. The molecule has 0 aliphatic rings. The standard InChI is InChI=1S/C9H11BrOS/c1-8-3-2-4-9(7-8)12(11)6-5-10/h2-4,7H,5-6H2,1H3. The summed E-state index contributed by atoms with van der Waals surface area (Å²) in [7, 11) is -0.841. The molecular weight excluding hydrogens is 236 g/mol. The first-order valence-electron chi connectivity index (χ1n) is 3.75. The van der Waals surface area contributed by atoms with Crippen molar-refractivity contribution in [3.63, 3.8) is 0 Å². The predicted octanol–water partition coefficient (Wildman–Crippen LogP) is 2.50. The van der Waals surface area contributed by atoms with Crippen LogP contribution in [0.2, 0.25) is 0 Å². The van der Waals surface area contributed by atoms with E-state index in [4.69, 9.17) is 0 Å². The van der Waals surface area contributed by atoms with E-state index in [1.54, 1.807) is 0 Å². The van der Waals surface area contributed by atoms with Gasteiger partial charge >= 0.3 is 0 Å². The molecule has 0 aliphatic carbocycles. The Labute approximate surface area is 83.8 Å². The zero-order valence-corrected chi connectivity index (χ0v) is 9.32. The zero-order valence-electron chi connectivity index (χ0n) is 6.92. The smallest absolute Gasteiger partial charge is 0.0538 e. The molecule has 1 unspecified atom stereocenters. The van der Waals surface area contributed by atoms with Crippen LogP contribution in [0, 0.1) is 6.92 Å². The third-order valence-corrected chi connectivity index (χ3v) is 3.79. The first-order chi connectivity index (χ1) is 5.74. The molecule has 3 heteroatoms. The van der Waals surface area contributed by atoms with Gasteiger partial charge in [0.25, 0.3) is 0 Å². The molecule has 0 aliphatic heterocycles. The van der Waals surface area contributed by atoms with Gasteiger partial charge in [0.15, 0.2) is 0 Å². The van der Waals surface area contributed by atoms with Gasteiger partial charge < -0.3 is 0 Å². The molecule has 1 aromatic carbocycles. The summed E-state index contributed by atoms with van der Waals surface area (Å²) in [6, 6.07) is 7.83. The summed E-state index contributed by atoms with van der Waals surface area (Å²) in [5.41, 5.74) is 1.16. The second kappa shape index (κ2) is 4.77. The SMILES string of the molecule is Cc1cccc(S(=O)CCBr)c1. The highest BCUT2D eigenvalue weighted by Crippen LogP contribution is 2.09. The Bertz CT molecular complexity index is 286. The Morgan fingerprint density at radius 1 is 1.50 bits per heavy atom. The molecular formula is C9H11BrOS. The Kier molecular flexibility index (Phi) is 3.95. The fraction of sp³-hybridized carbons (Fsp3) is 0.333. The predicted molar refractivity (Wildman–Crippen MR) is 56.2 cm³/mol. The van der Waals surface area contributed by atoms with Gasteiger partial charge in [-0.2, -0.15) is 0 Å². The monoisotopic (exact) mass is 246 g/mol. The van der Waals surface area contributed by atoms with Crippen LogP contribution in [0.25, 0.3) is 0 Å². The first kappa shape index (κ1) is 9.93. The second-order valence-electron chi connectivity index (χ2n) is 2.56.